The third-order valence-electron chi connectivity index (χ3n) is 1.96. The minimum absolute atomic E-state index is 0.368. The summed E-state index contributed by atoms with van der Waals surface area (Å²) in [5.41, 5.74) is 1.80. The van der Waals surface area contributed by atoms with E-state index < -0.39 is 0 Å². The Kier molecular flexibility index (Phi) is 2.50. The first-order chi connectivity index (χ1) is 6.81. The number of rotatable bonds is 2. The van der Waals surface area contributed by atoms with E-state index in [1.165, 1.54) is 6.26 Å². The zero-order chi connectivity index (χ0) is 9.97. The normalized spacial score (nSPS) is 10.1. The summed E-state index contributed by atoms with van der Waals surface area (Å²) in [7, 11) is 0. The summed E-state index contributed by atoms with van der Waals surface area (Å²) in [6.45, 7) is 0. The van der Waals surface area contributed by atoms with Crippen molar-refractivity contribution < 1.29 is 9.21 Å². The zero-order valence-electron chi connectivity index (χ0n) is 7.24. The molecule has 0 aliphatic rings. The molecule has 0 radical (unpaired) electrons. The van der Waals surface area contributed by atoms with Crippen molar-refractivity contribution in [3.05, 3.63) is 46.8 Å². The molecule has 2 aromatic rings. The molecule has 1 aromatic carbocycles. The van der Waals surface area contributed by atoms with E-state index in [2.05, 4.69) is 15.9 Å². The molecule has 0 N–H and O–H groups in total. The van der Waals surface area contributed by atoms with Crippen LogP contribution in [0, 0.1) is 0 Å². The predicted octanol–water partition coefficient (Wildman–Crippen LogP) is 3.52. The molecule has 0 saturated carbocycles. The van der Waals surface area contributed by atoms with Gasteiger partial charge < -0.3 is 4.42 Å². The molecule has 0 aliphatic heterocycles. The minimum atomic E-state index is 0.368. The van der Waals surface area contributed by atoms with Gasteiger partial charge in [0.25, 0.3) is 0 Å². The van der Waals surface area contributed by atoms with Crippen LogP contribution in [0.5, 0.6) is 0 Å². The van der Waals surface area contributed by atoms with E-state index in [4.69, 9.17) is 4.42 Å². The maximum Gasteiger partial charge on any atom is 0.185 e. The molecule has 0 aliphatic carbocycles. The van der Waals surface area contributed by atoms with Crippen molar-refractivity contribution in [3.8, 4) is 11.1 Å². The lowest BCUT2D eigenvalue weighted by Crippen LogP contribution is -1.80. The van der Waals surface area contributed by atoms with Crippen LogP contribution < -0.4 is 0 Å². The molecule has 0 amide bonds. The lowest BCUT2D eigenvalue weighted by Gasteiger charge is -1.97. The Balaban J connectivity index is 2.49. The highest BCUT2D eigenvalue weighted by molar-refractivity contribution is 9.10. The summed E-state index contributed by atoms with van der Waals surface area (Å²) in [5, 5.41) is 0. The summed E-state index contributed by atoms with van der Waals surface area (Å²) >= 11 is 3.35. The molecule has 2 nitrogen and oxygen atoms in total. The highest BCUT2D eigenvalue weighted by atomic mass is 79.9. The predicted molar refractivity (Wildman–Crippen MR) is 57.2 cm³/mol. The Morgan fingerprint density at radius 3 is 2.50 bits per heavy atom. The molecule has 0 fully saturated rings. The summed E-state index contributed by atoms with van der Waals surface area (Å²) in [4.78, 5) is 10.6. The van der Waals surface area contributed by atoms with E-state index >= 15 is 0 Å². The van der Waals surface area contributed by atoms with Gasteiger partial charge in [-0.05, 0) is 23.8 Å². The molecular weight excluding hydrogens is 244 g/mol. The van der Waals surface area contributed by atoms with Crippen molar-refractivity contribution in [2.24, 2.45) is 0 Å². The molecule has 0 unspecified atom stereocenters. The Morgan fingerprint density at radius 1 is 1.14 bits per heavy atom. The first-order valence-corrected chi connectivity index (χ1v) is 4.89. The molecule has 0 saturated heterocycles. The van der Waals surface area contributed by atoms with Crippen LogP contribution >= 0.6 is 15.9 Å². The fraction of sp³-hybridized carbons (Fsp3) is 0. The standard InChI is InChI=1S/C11H7BrO2/c12-9-3-1-8(2-4-9)10-5-6-14-11(10)7-13/h1-7H. The van der Waals surface area contributed by atoms with E-state index in [9.17, 15) is 4.79 Å². The molecule has 0 spiro atoms. The van der Waals surface area contributed by atoms with Gasteiger partial charge >= 0.3 is 0 Å². The topological polar surface area (TPSA) is 30.2 Å². The van der Waals surface area contributed by atoms with Crippen LogP contribution in [0.25, 0.3) is 11.1 Å². The molecule has 1 heterocycles. The van der Waals surface area contributed by atoms with Crippen molar-refractivity contribution in [2.45, 2.75) is 0 Å². The van der Waals surface area contributed by atoms with Crippen molar-refractivity contribution in [3.63, 3.8) is 0 Å². The van der Waals surface area contributed by atoms with Crippen LogP contribution in [-0.2, 0) is 0 Å². The van der Waals surface area contributed by atoms with Gasteiger partial charge in [0.15, 0.2) is 12.0 Å². The second-order valence-corrected chi connectivity index (χ2v) is 3.74. The number of carbonyl (C=O) groups excluding carboxylic acids is 1. The van der Waals surface area contributed by atoms with Gasteiger partial charge in [-0.2, -0.15) is 0 Å². The van der Waals surface area contributed by atoms with E-state index in [0.29, 0.717) is 5.76 Å². The number of benzene rings is 1. The van der Waals surface area contributed by atoms with Crippen LogP contribution in [0.3, 0.4) is 0 Å². The molecule has 0 atom stereocenters. The second kappa shape index (κ2) is 3.80. The average molecular weight is 251 g/mol. The van der Waals surface area contributed by atoms with Crippen LogP contribution in [0.2, 0.25) is 0 Å². The average Bonchev–Trinajstić information content (AvgIpc) is 2.67. The summed E-state index contributed by atoms with van der Waals surface area (Å²) in [6, 6.07) is 9.50. The maximum atomic E-state index is 10.6. The number of halogens is 1. The monoisotopic (exact) mass is 250 g/mol. The van der Waals surface area contributed by atoms with E-state index in [-0.39, 0.29) is 0 Å². The molecule has 0 bridgehead atoms. The van der Waals surface area contributed by atoms with Crippen molar-refractivity contribution >= 4 is 22.2 Å². The van der Waals surface area contributed by atoms with Gasteiger partial charge in [-0.3, -0.25) is 4.79 Å². The third-order valence-corrected chi connectivity index (χ3v) is 2.49. The maximum absolute atomic E-state index is 10.6. The summed E-state index contributed by atoms with van der Waals surface area (Å²) in [5.74, 6) is 0.368. The number of hydrogen-bond donors (Lipinski definition) is 0. The van der Waals surface area contributed by atoms with Gasteiger partial charge in [-0.25, -0.2) is 0 Å². The number of furan rings is 1. The van der Waals surface area contributed by atoms with E-state index in [1.807, 2.05) is 24.3 Å². The van der Waals surface area contributed by atoms with Gasteiger partial charge in [0.05, 0.1) is 6.26 Å². The molecule has 2 rings (SSSR count). The number of hydrogen-bond acceptors (Lipinski definition) is 2. The Hall–Kier alpha value is -1.35. The van der Waals surface area contributed by atoms with Gasteiger partial charge in [0.1, 0.15) is 0 Å². The van der Waals surface area contributed by atoms with Gasteiger partial charge in [-0.1, -0.05) is 28.1 Å². The quantitative estimate of drug-likeness (QED) is 0.764. The van der Waals surface area contributed by atoms with E-state index in [0.717, 1.165) is 21.9 Å². The fourth-order valence-corrected chi connectivity index (χ4v) is 1.54. The van der Waals surface area contributed by atoms with Gasteiger partial charge in [-0.15, -0.1) is 0 Å². The first kappa shape index (κ1) is 9.21. The molecule has 3 heteroatoms. The summed E-state index contributed by atoms with van der Waals surface area (Å²) in [6.07, 6.45) is 2.23. The van der Waals surface area contributed by atoms with Crippen LogP contribution in [0.15, 0.2) is 45.5 Å². The van der Waals surface area contributed by atoms with Crippen LogP contribution in [0.4, 0.5) is 0 Å². The highest BCUT2D eigenvalue weighted by Crippen LogP contribution is 2.25. The second-order valence-electron chi connectivity index (χ2n) is 2.82. The van der Waals surface area contributed by atoms with Gasteiger partial charge in [0, 0.05) is 10.0 Å². The van der Waals surface area contributed by atoms with Crippen LogP contribution in [-0.4, -0.2) is 6.29 Å². The SMILES string of the molecule is O=Cc1occc1-c1ccc(Br)cc1. The van der Waals surface area contributed by atoms with Crippen molar-refractivity contribution in [1.82, 2.24) is 0 Å². The third kappa shape index (κ3) is 1.63. The molecule has 70 valence electrons. The highest BCUT2D eigenvalue weighted by Gasteiger charge is 2.06. The molecule has 1 aromatic heterocycles. The molecule has 14 heavy (non-hydrogen) atoms. The molecular formula is C11H7BrO2. The Morgan fingerprint density at radius 2 is 1.86 bits per heavy atom. The lowest BCUT2D eigenvalue weighted by atomic mass is 10.1. The lowest BCUT2D eigenvalue weighted by molar-refractivity contribution is 0.110. The van der Waals surface area contributed by atoms with Crippen LogP contribution in [0.1, 0.15) is 10.6 Å². The zero-order valence-corrected chi connectivity index (χ0v) is 8.82. The van der Waals surface area contributed by atoms with Crippen molar-refractivity contribution in [2.75, 3.05) is 0 Å². The van der Waals surface area contributed by atoms with E-state index in [1.54, 1.807) is 6.07 Å². The van der Waals surface area contributed by atoms with Crippen molar-refractivity contribution in [1.29, 1.82) is 0 Å². The Bertz CT molecular complexity index is 443. The Labute approximate surface area is 89.7 Å². The van der Waals surface area contributed by atoms with Gasteiger partial charge in [0.2, 0.25) is 0 Å². The largest absolute Gasteiger partial charge is 0.461 e. The smallest absolute Gasteiger partial charge is 0.185 e. The first-order valence-electron chi connectivity index (χ1n) is 4.10. The summed E-state index contributed by atoms with van der Waals surface area (Å²) < 4.78 is 6.03. The minimum Gasteiger partial charge on any atom is -0.461 e. The number of aldehydes is 1. The number of carbonyl (C=O) groups is 1. The fourth-order valence-electron chi connectivity index (χ4n) is 1.28.